The number of hydrogen-bond acceptors (Lipinski definition) is 8. The molecule has 1 unspecified atom stereocenters. The van der Waals surface area contributed by atoms with E-state index in [-0.39, 0.29) is 33.3 Å². The first-order chi connectivity index (χ1) is 25.3. The minimum atomic E-state index is -3.74. The molecule has 5 aromatic carbocycles. The second-order valence-corrected chi connectivity index (χ2v) is 15.7. The molecule has 0 aliphatic carbocycles. The summed E-state index contributed by atoms with van der Waals surface area (Å²) in [7, 11) is -2.13. The number of nitrogens with zero attached hydrogens (tertiary/aromatic N) is 5. The Bertz CT molecular complexity index is 2530. The number of sulfonamides is 1. The van der Waals surface area contributed by atoms with Crippen molar-refractivity contribution in [3.63, 3.8) is 0 Å². The molecule has 52 heavy (non-hydrogen) atoms. The number of ether oxygens (including phenoxy) is 1. The molecule has 10 nitrogen and oxygen atoms in total. The van der Waals surface area contributed by atoms with Gasteiger partial charge in [-0.15, -0.1) is 0 Å². The van der Waals surface area contributed by atoms with E-state index in [1.807, 2.05) is 42.5 Å². The van der Waals surface area contributed by atoms with Crippen molar-refractivity contribution in [1.29, 1.82) is 0 Å². The van der Waals surface area contributed by atoms with E-state index in [0.717, 1.165) is 52.2 Å². The number of amides is 1. The smallest absolute Gasteiger partial charge is 0.266 e. The van der Waals surface area contributed by atoms with Crippen LogP contribution in [-0.4, -0.2) is 64.9 Å². The van der Waals surface area contributed by atoms with Crippen LogP contribution in [0.5, 0.6) is 5.75 Å². The third kappa shape index (κ3) is 6.38. The van der Waals surface area contributed by atoms with Gasteiger partial charge < -0.3 is 4.74 Å². The van der Waals surface area contributed by atoms with E-state index in [1.165, 1.54) is 19.9 Å². The van der Waals surface area contributed by atoms with Crippen molar-refractivity contribution < 1.29 is 17.9 Å². The monoisotopic (exact) mass is 729 g/mol. The fourth-order valence-electron chi connectivity index (χ4n) is 6.86. The first-order valence-corrected chi connectivity index (χ1v) is 19.5. The molecule has 0 N–H and O–H groups in total. The number of aromatic nitrogens is 2. The molecule has 0 bridgehead atoms. The lowest BCUT2D eigenvalue weighted by Crippen LogP contribution is -2.29. The van der Waals surface area contributed by atoms with Crippen LogP contribution in [0.1, 0.15) is 36.4 Å². The number of carbonyl (C=O) groups is 1. The van der Waals surface area contributed by atoms with Crippen LogP contribution in [-0.2, 0) is 14.8 Å². The van der Waals surface area contributed by atoms with Crippen molar-refractivity contribution in [2.24, 2.45) is 5.10 Å². The predicted octanol–water partition coefficient (Wildman–Crippen LogP) is 6.80. The van der Waals surface area contributed by atoms with Gasteiger partial charge in [-0.3, -0.25) is 14.2 Å². The van der Waals surface area contributed by atoms with E-state index >= 15 is 0 Å². The normalized spacial score (nSPS) is 16.4. The Hall–Kier alpha value is -5.30. The van der Waals surface area contributed by atoms with Gasteiger partial charge in [-0.05, 0) is 83.3 Å². The molecule has 1 fully saturated rings. The summed E-state index contributed by atoms with van der Waals surface area (Å²) in [5.41, 5.74) is 3.12. The summed E-state index contributed by atoms with van der Waals surface area (Å²) < 4.78 is 35.2. The molecule has 1 atom stereocenters. The summed E-state index contributed by atoms with van der Waals surface area (Å²) in [4.78, 5) is 33.2. The van der Waals surface area contributed by atoms with Crippen molar-refractivity contribution in [3.8, 4) is 11.4 Å². The summed E-state index contributed by atoms with van der Waals surface area (Å²) in [6.07, 6.45) is 2.14. The predicted molar refractivity (Wildman–Crippen MR) is 204 cm³/mol. The fraction of sp³-hybridized carbons (Fsp3) is 0.200. The summed E-state index contributed by atoms with van der Waals surface area (Å²) in [5.74, 6) is 0.377. The average molecular weight is 730 g/mol. The van der Waals surface area contributed by atoms with Crippen molar-refractivity contribution in [3.05, 3.63) is 137 Å². The Morgan fingerprint density at radius 2 is 1.62 bits per heavy atom. The lowest BCUT2D eigenvalue weighted by Gasteiger charge is -2.22. The Kier molecular flexibility index (Phi) is 9.12. The van der Waals surface area contributed by atoms with Gasteiger partial charge in [0, 0.05) is 19.5 Å². The topological polar surface area (TPSA) is 114 Å². The summed E-state index contributed by atoms with van der Waals surface area (Å²) in [5, 5.41) is 9.29. The largest absolute Gasteiger partial charge is 0.497 e. The zero-order valence-corrected chi connectivity index (χ0v) is 30.0. The number of hydrogen-bond donors (Lipinski definition) is 0. The molecular formula is C40H35N5O5S2. The molecule has 2 aliphatic heterocycles. The molecule has 0 radical (unpaired) electrons. The SMILES string of the molecule is COc1ccc(C2CC(c3ccc4ccccc4c3)=NN2C(=O)CSc2nc3ccccc3c(=O)n2-c2cccc(S(=O)(=O)N3CCCC3)c2)cc1. The number of thioether (sulfide) groups is 1. The Morgan fingerprint density at radius 3 is 2.40 bits per heavy atom. The van der Waals surface area contributed by atoms with Gasteiger partial charge in [-0.1, -0.05) is 78.5 Å². The maximum atomic E-state index is 14.2. The Labute approximate surface area is 305 Å². The van der Waals surface area contributed by atoms with Gasteiger partial charge in [0.05, 0.1) is 46.1 Å². The molecule has 3 heterocycles. The van der Waals surface area contributed by atoms with Crippen molar-refractivity contribution in [2.75, 3.05) is 26.0 Å². The fourth-order valence-corrected chi connectivity index (χ4v) is 9.28. The third-order valence-electron chi connectivity index (χ3n) is 9.60. The van der Waals surface area contributed by atoms with Crippen LogP contribution in [0.15, 0.2) is 135 Å². The van der Waals surface area contributed by atoms with Gasteiger partial charge >= 0.3 is 0 Å². The molecular weight excluding hydrogens is 695 g/mol. The van der Waals surface area contributed by atoms with Crippen LogP contribution in [0.4, 0.5) is 0 Å². The van der Waals surface area contributed by atoms with Gasteiger partial charge in [0.15, 0.2) is 5.16 Å². The third-order valence-corrected chi connectivity index (χ3v) is 12.4. The van der Waals surface area contributed by atoms with Crippen LogP contribution in [0, 0.1) is 0 Å². The van der Waals surface area contributed by atoms with Crippen LogP contribution in [0.2, 0.25) is 0 Å². The number of rotatable bonds is 9. The summed E-state index contributed by atoms with van der Waals surface area (Å²) in [6.45, 7) is 0.929. The van der Waals surface area contributed by atoms with Crippen molar-refractivity contribution in [2.45, 2.75) is 35.4 Å². The van der Waals surface area contributed by atoms with Crippen molar-refractivity contribution >= 4 is 55.1 Å². The van der Waals surface area contributed by atoms with E-state index in [1.54, 1.807) is 49.6 Å². The highest BCUT2D eigenvalue weighted by atomic mass is 32.2. The molecule has 8 rings (SSSR count). The van der Waals surface area contributed by atoms with E-state index in [2.05, 4.69) is 24.3 Å². The molecule has 6 aromatic rings. The van der Waals surface area contributed by atoms with Gasteiger partial charge in [0.25, 0.3) is 11.5 Å². The molecule has 0 spiro atoms. The molecule has 2 aliphatic rings. The molecule has 1 saturated heterocycles. The van der Waals surface area contributed by atoms with Gasteiger partial charge in [-0.2, -0.15) is 9.41 Å². The zero-order chi connectivity index (χ0) is 35.8. The van der Waals surface area contributed by atoms with Gasteiger partial charge in [-0.25, -0.2) is 18.4 Å². The first-order valence-electron chi connectivity index (χ1n) is 17.1. The van der Waals surface area contributed by atoms with Gasteiger partial charge in [0.1, 0.15) is 5.75 Å². The van der Waals surface area contributed by atoms with Crippen molar-refractivity contribution in [1.82, 2.24) is 18.9 Å². The maximum absolute atomic E-state index is 14.2. The lowest BCUT2D eigenvalue weighted by molar-refractivity contribution is -0.130. The van der Waals surface area contributed by atoms with E-state index in [9.17, 15) is 18.0 Å². The van der Waals surface area contributed by atoms with Gasteiger partial charge in [0.2, 0.25) is 10.0 Å². The molecule has 1 amide bonds. The number of benzene rings is 5. The summed E-state index contributed by atoms with van der Waals surface area (Å²) in [6, 6.07) is 35.0. The standard InChI is InChI=1S/C40H35N5O5S2/c1-50-32-19-17-28(18-20-32)37-25-36(30-16-15-27-9-2-3-10-29(27)23-30)42-45(37)38(46)26-51-40-41-35-14-5-4-13-34(35)39(47)44(40)31-11-8-12-33(24-31)52(48,49)43-21-6-7-22-43/h2-5,8-20,23-24,37H,6-7,21-22,25-26H2,1H3. The van der Waals surface area contributed by atoms with E-state index in [4.69, 9.17) is 14.8 Å². The lowest BCUT2D eigenvalue weighted by atomic mass is 9.97. The van der Waals surface area contributed by atoms with E-state index < -0.39 is 10.0 Å². The minimum absolute atomic E-state index is 0.0717. The molecule has 262 valence electrons. The van der Waals surface area contributed by atoms with Crippen LogP contribution in [0.3, 0.4) is 0 Å². The highest BCUT2D eigenvalue weighted by molar-refractivity contribution is 7.99. The number of carbonyl (C=O) groups excluding carboxylic acids is 1. The van der Waals surface area contributed by atoms with Crippen LogP contribution < -0.4 is 10.3 Å². The minimum Gasteiger partial charge on any atom is -0.497 e. The summed E-state index contributed by atoms with van der Waals surface area (Å²) >= 11 is 1.12. The molecule has 1 aromatic heterocycles. The quantitative estimate of drug-likeness (QED) is 0.119. The van der Waals surface area contributed by atoms with Crippen LogP contribution in [0.25, 0.3) is 27.4 Å². The number of hydrazone groups is 1. The average Bonchev–Trinajstić information content (AvgIpc) is 3.89. The first kappa shape index (κ1) is 33.8. The van der Waals surface area contributed by atoms with Crippen LogP contribution >= 0.6 is 11.8 Å². The number of fused-ring (bicyclic) bond motifs is 2. The second kappa shape index (κ2) is 14.0. The molecule has 0 saturated carbocycles. The Balaban J connectivity index is 1.15. The highest BCUT2D eigenvalue weighted by Gasteiger charge is 2.34. The second-order valence-electron chi connectivity index (χ2n) is 12.8. The number of methoxy groups -OCH3 is 1. The molecule has 12 heteroatoms. The zero-order valence-electron chi connectivity index (χ0n) is 28.4. The Morgan fingerprint density at radius 1 is 0.865 bits per heavy atom. The van der Waals surface area contributed by atoms with E-state index in [0.29, 0.717) is 41.9 Å². The highest BCUT2D eigenvalue weighted by Crippen LogP contribution is 2.35. The maximum Gasteiger partial charge on any atom is 0.266 e. The number of para-hydroxylation sites is 1.